The minimum Gasteiger partial charge on any atom is -0.271 e. The van der Waals surface area contributed by atoms with Crippen LogP contribution in [-0.2, 0) is 0 Å². The van der Waals surface area contributed by atoms with Gasteiger partial charge in [0.2, 0.25) is 0 Å². The molecule has 1 heterocycles. The zero-order valence-corrected chi connectivity index (χ0v) is 9.35. The third kappa shape index (κ3) is 2.39. The van der Waals surface area contributed by atoms with Gasteiger partial charge in [0.1, 0.15) is 0 Å². The van der Waals surface area contributed by atoms with Crippen molar-refractivity contribution in [1.82, 2.24) is 10.4 Å². The van der Waals surface area contributed by atoms with Gasteiger partial charge in [0.15, 0.2) is 0 Å². The van der Waals surface area contributed by atoms with Crippen molar-refractivity contribution >= 4 is 11.6 Å². The van der Waals surface area contributed by atoms with Crippen molar-refractivity contribution in [2.45, 2.75) is 6.04 Å². The van der Waals surface area contributed by atoms with E-state index >= 15 is 0 Å². The maximum atomic E-state index is 5.84. The molecule has 0 bridgehead atoms. The molecule has 4 heteroatoms. The van der Waals surface area contributed by atoms with Crippen molar-refractivity contribution in [2.24, 2.45) is 5.84 Å². The van der Waals surface area contributed by atoms with Gasteiger partial charge in [-0.15, -0.1) is 0 Å². The van der Waals surface area contributed by atoms with Gasteiger partial charge in [-0.25, -0.2) is 5.43 Å². The van der Waals surface area contributed by atoms with Crippen LogP contribution in [0.1, 0.15) is 17.2 Å². The van der Waals surface area contributed by atoms with E-state index < -0.39 is 0 Å². The maximum Gasteiger partial charge on any atom is 0.0711 e. The molecule has 0 unspecified atom stereocenters. The third-order valence-corrected chi connectivity index (χ3v) is 2.66. The molecular formula is C12H12ClN3. The highest BCUT2D eigenvalue weighted by molar-refractivity contribution is 6.30. The van der Waals surface area contributed by atoms with Crippen LogP contribution in [0.3, 0.4) is 0 Å². The van der Waals surface area contributed by atoms with Crippen molar-refractivity contribution in [3.63, 3.8) is 0 Å². The van der Waals surface area contributed by atoms with Gasteiger partial charge in [-0.1, -0.05) is 23.7 Å². The molecule has 0 amide bonds. The largest absolute Gasteiger partial charge is 0.271 e. The summed E-state index contributed by atoms with van der Waals surface area (Å²) >= 11 is 5.84. The Bertz CT molecular complexity index is 442. The summed E-state index contributed by atoms with van der Waals surface area (Å²) in [7, 11) is 0. The van der Waals surface area contributed by atoms with Crippen LogP contribution in [-0.4, -0.2) is 4.98 Å². The molecule has 1 aromatic carbocycles. The Labute approximate surface area is 99.2 Å². The highest BCUT2D eigenvalue weighted by Crippen LogP contribution is 2.21. The molecule has 3 nitrogen and oxygen atoms in total. The molecular weight excluding hydrogens is 222 g/mol. The number of pyridine rings is 1. The minimum absolute atomic E-state index is 0.0414. The predicted octanol–water partition coefficient (Wildman–Crippen LogP) is 2.29. The maximum absolute atomic E-state index is 5.84. The minimum atomic E-state index is -0.0414. The van der Waals surface area contributed by atoms with E-state index in [0.29, 0.717) is 5.02 Å². The Morgan fingerprint density at radius 3 is 2.12 bits per heavy atom. The summed E-state index contributed by atoms with van der Waals surface area (Å²) in [5.74, 6) is 5.57. The predicted molar refractivity (Wildman–Crippen MR) is 64.9 cm³/mol. The van der Waals surface area contributed by atoms with Crippen molar-refractivity contribution in [1.29, 1.82) is 0 Å². The summed E-state index contributed by atoms with van der Waals surface area (Å²) in [5.41, 5.74) is 4.92. The molecule has 0 fully saturated rings. The fraction of sp³-hybridized carbons (Fsp3) is 0.0833. The summed E-state index contributed by atoms with van der Waals surface area (Å²) in [6.45, 7) is 0. The molecule has 1 atom stereocenters. The molecule has 0 saturated carbocycles. The van der Waals surface area contributed by atoms with Crippen LogP contribution in [0, 0.1) is 0 Å². The summed E-state index contributed by atoms with van der Waals surface area (Å²) < 4.78 is 0. The highest BCUT2D eigenvalue weighted by atomic mass is 35.5. The van der Waals surface area contributed by atoms with E-state index in [4.69, 9.17) is 17.4 Å². The second-order valence-corrected chi connectivity index (χ2v) is 3.87. The number of halogens is 1. The zero-order chi connectivity index (χ0) is 11.4. The Hall–Kier alpha value is -1.42. The molecule has 1 aromatic heterocycles. The zero-order valence-electron chi connectivity index (χ0n) is 8.60. The number of nitrogens with two attached hydrogens (primary N) is 1. The Morgan fingerprint density at radius 1 is 1.00 bits per heavy atom. The van der Waals surface area contributed by atoms with Gasteiger partial charge in [0, 0.05) is 17.4 Å². The molecule has 82 valence electrons. The lowest BCUT2D eigenvalue weighted by atomic mass is 10.0. The first-order chi connectivity index (χ1) is 7.81. The van der Waals surface area contributed by atoms with Gasteiger partial charge in [0.25, 0.3) is 0 Å². The molecule has 0 radical (unpaired) electrons. The van der Waals surface area contributed by atoms with E-state index in [1.54, 1.807) is 12.4 Å². The third-order valence-electron chi connectivity index (χ3n) is 2.41. The van der Waals surface area contributed by atoms with E-state index in [2.05, 4.69) is 10.4 Å². The highest BCUT2D eigenvalue weighted by Gasteiger charge is 2.11. The normalized spacial score (nSPS) is 12.4. The number of rotatable bonds is 3. The van der Waals surface area contributed by atoms with Crippen LogP contribution in [0.5, 0.6) is 0 Å². The first-order valence-corrected chi connectivity index (χ1v) is 5.30. The molecule has 0 saturated heterocycles. The molecule has 16 heavy (non-hydrogen) atoms. The molecule has 0 spiro atoms. The average molecular weight is 234 g/mol. The average Bonchev–Trinajstić information content (AvgIpc) is 2.34. The van der Waals surface area contributed by atoms with E-state index in [-0.39, 0.29) is 6.04 Å². The summed E-state index contributed by atoms with van der Waals surface area (Å²) in [5, 5.41) is 0.717. The van der Waals surface area contributed by atoms with Crippen LogP contribution >= 0.6 is 11.6 Å². The fourth-order valence-corrected chi connectivity index (χ4v) is 1.72. The van der Waals surface area contributed by atoms with Crippen LogP contribution < -0.4 is 11.3 Å². The monoisotopic (exact) mass is 233 g/mol. The molecule has 0 aliphatic heterocycles. The van der Waals surface area contributed by atoms with Crippen LogP contribution in [0.15, 0.2) is 48.8 Å². The second-order valence-electron chi connectivity index (χ2n) is 3.43. The van der Waals surface area contributed by atoms with Gasteiger partial charge in [-0.2, -0.15) is 0 Å². The number of hydrogen-bond acceptors (Lipinski definition) is 3. The topological polar surface area (TPSA) is 50.9 Å². The van der Waals surface area contributed by atoms with Gasteiger partial charge >= 0.3 is 0 Å². The van der Waals surface area contributed by atoms with Gasteiger partial charge in [-0.3, -0.25) is 10.8 Å². The van der Waals surface area contributed by atoms with Crippen molar-refractivity contribution in [3.05, 3.63) is 64.9 Å². The fourth-order valence-electron chi connectivity index (χ4n) is 1.60. The lowest BCUT2D eigenvalue weighted by Gasteiger charge is -2.16. The van der Waals surface area contributed by atoms with Crippen LogP contribution in [0.2, 0.25) is 5.02 Å². The number of benzene rings is 1. The molecule has 0 aliphatic rings. The SMILES string of the molecule is NN[C@@H](c1ccncc1)c1ccc(Cl)cc1. The molecule has 2 aromatic rings. The molecule has 2 rings (SSSR count). The standard InChI is InChI=1S/C12H12ClN3/c13-11-3-1-9(2-4-11)12(16-14)10-5-7-15-8-6-10/h1-8,12,16H,14H2/t12-/m1/s1. The number of hydrogen-bond donors (Lipinski definition) is 2. The van der Waals surface area contributed by atoms with E-state index in [1.807, 2.05) is 36.4 Å². The van der Waals surface area contributed by atoms with E-state index in [1.165, 1.54) is 0 Å². The van der Waals surface area contributed by atoms with Crippen molar-refractivity contribution in [2.75, 3.05) is 0 Å². The first kappa shape index (κ1) is 11.1. The van der Waals surface area contributed by atoms with Crippen molar-refractivity contribution < 1.29 is 0 Å². The Balaban J connectivity index is 2.33. The molecule has 0 aliphatic carbocycles. The lowest BCUT2D eigenvalue weighted by Crippen LogP contribution is -2.28. The van der Waals surface area contributed by atoms with Crippen molar-refractivity contribution in [3.8, 4) is 0 Å². The summed E-state index contributed by atoms with van der Waals surface area (Å²) in [6.07, 6.45) is 3.49. The smallest absolute Gasteiger partial charge is 0.0711 e. The lowest BCUT2D eigenvalue weighted by molar-refractivity contribution is 0.636. The van der Waals surface area contributed by atoms with Crippen LogP contribution in [0.25, 0.3) is 0 Å². The Kier molecular flexibility index (Phi) is 3.51. The number of nitrogens with zero attached hydrogens (tertiary/aromatic N) is 1. The van der Waals surface area contributed by atoms with E-state index in [0.717, 1.165) is 11.1 Å². The van der Waals surface area contributed by atoms with Crippen LogP contribution in [0.4, 0.5) is 0 Å². The Morgan fingerprint density at radius 2 is 1.56 bits per heavy atom. The summed E-state index contributed by atoms with van der Waals surface area (Å²) in [4.78, 5) is 3.98. The summed E-state index contributed by atoms with van der Waals surface area (Å²) in [6, 6.07) is 11.4. The number of aromatic nitrogens is 1. The first-order valence-electron chi connectivity index (χ1n) is 4.93. The number of hydrazine groups is 1. The van der Waals surface area contributed by atoms with Gasteiger partial charge in [-0.05, 0) is 35.4 Å². The van der Waals surface area contributed by atoms with Gasteiger partial charge < -0.3 is 0 Å². The van der Waals surface area contributed by atoms with Gasteiger partial charge in [0.05, 0.1) is 6.04 Å². The second kappa shape index (κ2) is 5.07. The van der Waals surface area contributed by atoms with E-state index in [9.17, 15) is 0 Å². The quantitative estimate of drug-likeness (QED) is 0.632. The number of nitrogens with one attached hydrogen (secondary N) is 1. The molecule has 3 N–H and O–H groups in total.